The summed E-state index contributed by atoms with van der Waals surface area (Å²) in [7, 11) is 0. The zero-order valence-corrected chi connectivity index (χ0v) is 11.5. The standard InChI is InChI=1S/C17H25N/c1-14-5-7-15(8-6-14)16-13-18-12-11-17(16)9-3-2-4-10-17/h5-8,16,18H,2-4,9-13H2,1H3. The van der Waals surface area contributed by atoms with Gasteiger partial charge in [0, 0.05) is 12.5 Å². The van der Waals surface area contributed by atoms with Gasteiger partial charge in [0.25, 0.3) is 0 Å². The second-order valence-electron chi connectivity index (χ2n) is 6.34. The van der Waals surface area contributed by atoms with Gasteiger partial charge < -0.3 is 5.32 Å². The molecule has 1 heteroatoms. The molecule has 1 nitrogen and oxygen atoms in total. The van der Waals surface area contributed by atoms with Crippen LogP contribution in [0.5, 0.6) is 0 Å². The van der Waals surface area contributed by atoms with E-state index in [-0.39, 0.29) is 0 Å². The van der Waals surface area contributed by atoms with E-state index in [9.17, 15) is 0 Å². The van der Waals surface area contributed by atoms with Gasteiger partial charge in [0.15, 0.2) is 0 Å². The van der Waals surface area contributed by atoms with E-state index >= 15 is 0 Å². The third kappa shape index (κ3) is 2.21. The van der Waals surface area contributed by atoms with Crippen molar-refractivity contribution in [3.8, 4) is 0 Å². The fourth-order valence-corrected chi connectivity index (χ4v) is 4.10. The van der Waals surface area contributed by atoms with Crippen molar-refractivity contribution in [1.82, 2.24) is 5.32 Å². The van der Waals surface area contributed by atoms with Crippen LogP contribution >= 0.6 is 0 Å². The average molecular weight is 243 g/mol. The first kappa shape index (κ1) is 12.2. The summed E-state index contributed by atoms with van der Waals surface area (Å²) in [6.07, 6.45) is 8.63. The monoisotopic (exact) mass is 243 g/mol. The summed E-state index contributed by atoms with van der Waals surface area (Å²) in [4.78, 5) is 0. The Hall–Kier alpha value is -0.820. The highest BCUT2D eigenvalue weighted by Crippen LogP contribution is 2.50. The van der Waals surface area contributed by atoms with Gasteiger partial charge in [-0.1, -0.05) is 49.1 Å². The molecular formula is C17H25N. The van der Waals surface area contributed by atoms with Crippen molar-refractivity contribution < 1.29 is 0 Å². The molecule has 98 valence electrons. The Kier molecular flexibility index (Phi) is 3.43. The van der Waals surface area contributed by atoms with Crippen LogP contribution in [-0.2, 0) is 0 Å². The lowest BCUT2D eigenvalue weighted by Crippen LogP contribution is -2.44. The Bertz CT molecular complexity index is 378. The van der Waals surface area contributed by atoms with E-state index in [4.69, 9.17) is 0 Å². The lowest BCUT2D eigenvalue weighted by atomic mass is 9.60. The van der Waals surface area contributed by atoms with Crippen molar-refractivity contribution in [2.45, 2.75) is 51.4 Å². The number of nitrogens with one attached hydrogen (secondary N) is 1. The SMILES string of the molecule is Cc1ccc(C2CNCCC23CCCCC3)cc1. The molecule has 1 N–H and O–H groups in total. The number of rotatable bonds is 1. The van der Waals surface area contributed by atoms with Crippen molar-refractivity contribution in [3.05, 3.63) is 35.4 Å². The van der Waals surface area contributed by atoms with E-state index in [1.54, 1.807) is 5.56 Å². The second kappa shape index (κ2) is 5.05. The number of hydrogen-bond donors (Lipinski definition) is 1. The van der Waals surface area contributed by atoms with Gasteiger partial charge in [-0.05, 0) is 43.7 Å². The highest BCUT2D eigenvalue weighted by molar-refractivity contribution is 5.27. The summed E-state index contributed by atoms with van der Waals surface area (Å²) in [6.45, 7) is 4.59. The van der Waals surface area contributed by atoms with E-state index in [1.807, 2.05) is 0 Å². The van der Waals surface area contributed by atoms with E-state index in [0.29, 0.717) is 5.41 Å². The van der Waals surface area contributed by atoms with Crippen LogP contribution in [0.2, 0.25) is 0 Å². The summed E-state index contributed by atoms with van der Waals surface area (Å²) in [5.41, 5.74) is 3.55. The van der Waals surface area contributed by atoms with Gasteiger partial charge in [0.2, 0.25) is 0 Å². The van der Waals surface area contributed by atoms with Crippen molar-refractivity contribution in [2.75, 3.05) is 13.1 Å². The van der Waals surface area contributed by atoms with Gasteiger partial charge in [0.05, 0.1) is 0 Å². The first-order chi connectivity index (χ1) is 8.80. The highest BCUT2D eigenvalue weighted by Gasteiger charge is 2.41. The smallest absolute Gasteiger partial charge is 0.00255 e. The van der Waals surface area contributed by atoms with Crippen molar-refractivity contribution in [1.29, 1.82) is 0 Å². The maximum Gasteiger partial charge on any atom is 0.00255 e. The van der Waals surface area contributed by atoms with Crippen LogP contribution in [0, 0.1) is 12.3 Å². The normalized spacial score (nSPS) is 27.3. The minimum Gasteiger partial charge on any atom is -0.316 e. The molecule has 1 aromatic rings. The van der Waals surface area contributed by atoms with Crippen LogP contribution < -0.4 is 5.32 Å². The number of aryl methyl sites for hydroxylation is 1. The molecule has 1 aliphatic carbocycles. The van der Waals surface area contributed by atoms with E-state index in [0.717, 1.165) is 5.92 Å². The molecule has 1 heterocycles. The Labute approximate surface area is 111 Å². The quantitative estimate of drug-likeness (QED) is 0.785. The lowest BCUT2D eigenvalue weighted by molar-refractivity contribution is 0.103. The van der Waals surface area contributed by atoms with Crippen LogP contribution in [0.1, 0.15) is 55.6 Å². The number of hydrogen-bond acceptors (Lipinski definition) is 1. The number of benzene rings is 1. The second-order valence-corrected chi connectivity index (χ2v) is 6.34. The molecule has 2 aliphatic rings. The minimum absolute atomic E-state index is 0.610. The van der Waals surface area contributed by atoms with Crippen molar-refractivity contribution >= 4 is 0 Å². The molecule has 1 spiro atoms. The zero-order valence-electron chi connectivity index (χ0n) is 11.5. The molecule has 1 unspecified atom stereocenters. The van der Waals surface area contributed by atoms with E-state index in [1.165, 1.54) is 57.2 Å². The fourth-order valence-electron chi connectivity index (χ4n) is 4.10. The predicted octanol–water partition coefficient (Wildman–Crippen LogP) is 4.02. The van der Waals surface area contributed by atoms with Crippen molar-refractivity contribution in [2.24, 2.45) is 5.41 Å². The Morgan fingerprint density at radius 1 is 1.00 bits per heavy atom. The summed E-state index contributed by atoms with van der Waals surface area (Å²) >= 11 is 0. The molecule has 1 saturated carbocycles. The Balaban J connectivity index is 1.89. The molecule has 1 aromatic carbocycles. The van der Waals surface area contributed by atoms with E-state index in [2.05, 4.69) is 36.5 Å². The Morgan fingerprint density at radius 3 is 2.44 bits per heavy atom. The van der Waals surface area contributed by atoms with Crippen LogP contribution in [0.4, 0.5) is 0 Å². The molecule has 3 rings (SSSR count). The molecule has 0 bridgehead atoms. The minimum atomic E-state index is 0.610. The predicted molar refractivity (Wildman–Crippen MR) is 76.9 cm³/mol. The zero-order chi connectivity index (χ0) is 12.4. The average Bonchev–Trinajstić information content (AvgIpc) is 2.42. The molecule has 1 atom stereocenters. The van der Waals surface area contributed by atoms with Gasteiger partial charge in [-0.15, -0.1) is 0 Å². The Morgan fingerprint density at radius 2 is 1.72 bits per heavy atom. The number of piperidine rings is 1. The van der Waals surface area contributed by atoms with Gasteiger partial charge in [-0.25, -0.2) is 0 Å². The molecule has 0 aromatic heterocycles. The third-order valence-corrected chi connectivity index (χ3v) is 5.22. The van der Waals surface area contributed by atoms with Gasteiger partial charge in [-0.3, -0.25) is 0 Å². The summed E-state index contributed by atoms with van der Waals surface area (Å²) in [5.74, 6) is 0.743. The molecule has 0 radical (unpaired) electrons. The maximum atomic E-state index is 3.62. The van der Waals surface area contributed by atoms with Crippen LogP contribution in [0.3, 0.4) is 0 Å². The van der Waals surface area contributed by atoms with E-state index < -0.39 is 0 Å². The molecule has 2 fully saturated rings. The summed E-state index contributed by atoms with van der Waals surface area (Å²) in [5, 5.41) is 3.62. The van der Waals surface area contributed by atoms with Crippen LogP contribution in [0.25, 0.3) is 0 Å². The summed E-state index contributed by atoms with van der Waals surface area (Å²) in [6, 6.07) is 9.29. The van der Waals surface area contributed by atoms with Gasteiger partial charge in [0.1, 0.15) is 0 Å². The van der Waals surface area contributed by atoms with Gasteiger partial charge >= 0.3 is 0 Å². The van der Waals surface area contributed by atoms with Crippen LogP contribution in [0.15, 0.2) is 24.3 Å². The maximum absolute atomic E-state index is 3.62. The van der Waals surface area contributed by atoms with Crippen molar-refractivity contribution in [3.63, 3.8) is 0 Å². The van der Waals surface area contributed by atoms with Gasteiger partial charge in [-0.2, -0.15) is 0 Å². The largest absolute Gasteiger partial charge is 0.316 e. The first-order valence-corrected chi connectivity index (χ1v) is 7.57. The molecular weight excluding hydrogens is 218 g/mol. The first-order valence-electron chi connectivity index (χ1n) is 7.57. The fraction of sp³-hybridized carbons (Fsp3) is 0.647. The third-order valence-electron chi connectivity index (χ3n) is 5.22. The topological polar surface area (TPSA) is 12.0 Å². The van der Waals surface area contributed by atoms with Crippen LogP contribution in [-0.4, -0.2) is 13.1 Å². The highest BCUT2D eigenvalue weighted by atomic mass is 14.9. The summed E-state index contributed by atoms with van der Waals surface area (Å²) < 4.78 is 0. The molecule has 1 saturated heterocycles. The molecule has 0 amide bonds. The molecule has 18 heavy (non-hydrogen) atoms. The molecule has 1 aliphatic heterocycles. The lowest BCUT2D eigenvalue weighted by Gasteiger charge is -2.47.